The average Bonchev–Trinajstić information content (AvgIpc) is 2.43. The van der Waals surface area contributed by atoms with Crippen LogP contribution in [0.1, 0.15) is 21.5 Å². The summed E-state index contributed by atoms with van der Waals surface area (Å²) in [6.45, 7) is 2.61. The molecule has 0 saturated carbocycles. The molecule has 1 aliphatic heterocycles. The quantitative estimate of drug-likeness (QED) is 0.595. The van der Waals surface area contributed by atoms with E-state index in [-0.39, 0.29) is 5.91 Å². The molecule has 1 aliphatic rings. The van der Waals surface area contributed by atoms with Gasteiger partial charge >= 0.3 is 0 Å². The first-order valence-electron chi connectivity index (χ1n) is 6.05. The van der Waals surface area contributed by atoms with Gasteiger partial charge in [-0.1, -0.05) is 6.07 Å². The second kappa shape index (κ2) is 6.49. The molecule has 2 N–H and O–H groups in total. The van der Waals surface area contributed by atoms with Gasteiger partial charge in [-0.05, 0) is 36.2 Å². The van der Waals surface area contributed by atoms with Gasteiger partial charge < -0.3 is 10.1 Å². The van der Waals surface area contributed by atoms with Crippen molar-refractivity contribution >= 4 is 5.91 Å². The number of hydrogen-bond donors (Lipinski definition) is 2. The highest BCUT2D eigenvalue weighted by molar-refractivity contribution is 5.93. The van der Waals surface area contributed by atoms with Crippen LogP contribution in [0.15, 0.2) is 18.2 Å². The number of carbonyl (C=O) groups is 1. The van der Waals surface area contributed by atoms with Gasteiger partial charge in [-0.2, -0.15) is 0 Å². The Morgan fingerprint density at radius 2 is 2.28 bits per heavy atom. The third kappa shape index (κ3) is 3.29. The van der Waals surface area contributed by atoms with E-state index in [0.717, 1.165) is 19.5 Å². The van der Waals surface area contributed by atoms with Crippen molar-refractivity contribution in [2.75, 3.05) is 26.9 Å². The summed E-state index contributed by atoms with van der Waals surface area (Å²) in [5, 5.41) is 3.29. The fraction of sp³-hybridized carbons (Fsp3) is 0.462. The maximum Gasteiger partial charge on any atom is 0.274 e. The summed E-state index contributed by atoms with van der Waals surface area (Å²) in [4.78, 5) is 16.8. The Bertz CT molecular complexity index is 421. The van der Waals surface area contributed by atoms with Crippen LogP contribution in [0, 0.1) is 0 Å². The van der Waals surface area contributed by atoms with Crippen LogP contribution in [-0.4, -0.2) is 32.8 Å². The highest BCUT2D eigenvalue weighted by atomic mass is 16.7. The molecule has 0 bridgehead atoms. The fourth-order valence-corrected chi connectivity index (χ4v) is 1.92. The van der Waals surface area contributed by atoms with Crippen LogP contribution in [0.4, 0.5) is 0 Å². The van der Waals surface area contributed by atoms with Gasteiger partial charge in [0.1, 0.15) is 0 Å². The van der Waals surface area contributed by atoms with E-state index in [1.54, 1.807) is 7.11 Å². The molecule has 1 heterocycles. The van der Waals surface area contributed by atoms with Crippen LogP contribution >= 0.6 is 0 Å². The molecule has 0 fully saturated rings. The monoisotopic (exact) mass is 250 g/mol. The van der Waals surface area contributed by atoms with Crippen molar-refractivity contribution in [3.8, 4) is 0 Å². The Morgan fingerprint density at radius 1 is 1.39 bits per heavy atom. The second-order valence-electron chi connectivity index (χ2n) is 4.18. The lowest BCUT2D eigenvalue weighted by atomic mass is 9.98. The van der Waals surface area contributed by atoms with Crippen LogP contribution in [0.3, 0.4) is 0 Å². The molecule has 98 valence electrons. The molecule has 0 spiro atoms. The van der Waals surface area contributed by atoms with Crippen molar-refractivity contribution in [3.63, 3.8) is 0 Å². The molecule has 2 rings (SSSR count). The average molecular weight is 250 g/mol. The molecular formula is C13H18N2O3. The smallest absolute Gasteiger partial charge is 0.274 e. The Labute approximate surface area is 106 Å². The minimum atomic E-state index is -0.223. The number of ether oxygens (including phenoxy) is 1. The zero-order valence-corrected chi connectivity index (χ0v) is 10.5. The first-order valence-corrected chi connectivity index (χ1v) is 6.05. The van der Waals surface area contributed by atoms with Crippen LogP contribution in [-0.2, 0) is 22.5 Å². The first-order chi connectivity index (χ1) is 8.81. The van der Waals surface area contributed by atoms with Gasteiger partial charge in [0.25, 0.3) is 5.91 Å². The normalized spacial score (nSPS) is 14.1. The van der Waals surface area contributed by atoms with Crippen molar-refractivity contribution in [2.45, 2.75) is 13.0 Å². The van der Waals surface area contributed by atoms with E-state index in [0.29, 0.717) is 18.8 Å². The van der Waals surface area contributed by atoms with E-state index < -0.39 is 0 Å². The predicted octanol–water partition coefficient (Wildman–Crippen LogP) is 0.640. The third-order valence-corrected chi connectivity index (χ3v) is 2.91. The number of hydrogen-bond acceptors (Lipinski definition) is 4. The number of carbonyl (C=O) groups excluding carboxylic acids is 1. The van der Waals surface area contributed by atoms with Crippen molar-refractivity contribution in [3.05, 3.63) is 34.9 Å². The lowest BCUT2D eigenvalue weighted by molar-refractivity contribution is 0.00888. The summed E-state index contributed by atoms with van der Waals surface area (Å²) in [5.41, 5.74) is 5.52. The summed E-state index contributed by atoms with van der Waals surface area (Å²) in [5.74, 6) is -0.223. The zero-order valence-electron chi connectivity index (χ0n) is 10.5. The van der Waals surface area contributed by atoms with Crippen molar-refractivity contribution in [2.24, 2.45) is 0 Å². The SMILES string of the molecule is COCCONC(=O)c1ccc2c(c1)CNCC2. The van der Waals surface area contributed by atoms with Gasteiger partial charge in [0.2, 0.25) is 0 Å². The van der Waals surface area contributed by atoms with Crippen molar-refractivity contribution in [1.29, 1.82) is 0 Å². The number of benzene rings is 1. The molecule has 0 aromatic heterocycles. The predicted molar refractivity (Wildman–Crippen MR) is 67.1 cm³/mol. The van der Waals surface area contributed by atoms with E-state index in [1.165, 1.54) is 11.1 Å². The van der Waals surface area contributed by atoms with Gasteiger partial charge in [0.15, 0.2) is 0 Å². The Morgan fingerprint density at radius 3 is 3.11 bits per heavy atom. The standard InChI is InChI=1S/C13H18N2O3/c1-17-6-7-18-15-13(16)11-3-2-10-4-5-14-9-12(10)8-11/h2-3,8,14H,4-7,9H2,1H3,(H,15,16). The number of nitrogens with one attached hydrogen (secondary N) is 2. The summed E-state index contributed by atoms with van der Waals surface area (Å²) < 4.78 is 4.82. The van der Waals surface area contributed by atoms with Gasteiger partial charge in [-0.3, -0.25) is 9.63 Å². The molecule has 1 amide bonds. The molecule has 0 atom stereocenters. The first kappa shape index (κ1) is 13.0. The Balaban J connectivity index is 1.94. The van der Waals surface area contributed by atoms with E-state index in [9.17, 15) is 4.79 Å². The van der Waals surface area contributed by atoms with Gasteiger partial charge in [0.05, 0.1) is 13.2 Å². The summed E-state index contributed by atoms with van der Waals surface area (Å²) in [6, 6.07) is 5.76. The topological polar surface area (TPSA) is 59.6 Å². The third-order valence-electron chi connectivity index (χ3n) is 2.91. The minimum Gasteiger partial charge on any atom is -0.382 e. The molecule has 1 aromatic rings. The van der Waals surface area contributed by atoms with Gasteiger partial charge in [0, 0.05) is 19.2 Å². The lowest BCUT2D eigenvalue weighted by Crippen LogP contribution is -2.27. The van der Waals surface area contributed by atoms with E-state index in [2.05, 4.69) is 10.8 Å². The maximum absolute atomic E-state index is 11.8. The minimum absolute atomic E-state index is 0.223. The summed E-state index contributed by atoms with van der Waals surface area (Å²) in [6.07, 6.45) is 1.02. The van der Waals surface area contributed by atoms with Crippen LogP contribution in [0.25, 0.3) is 0 Å². The van der Waals surface area contributed by atoms with E-state index >= 15 is 0 Å². The molecule has 0 saturated heterocycles. The fourth-order valence-electron chi connectivity index (χ4n) is 1.92. The van der Waals surface area contributed by atoms with Crippen molar-refractivity contribution < 1.29 is 14.4 Å². The van der Waals surface area contributed by atoms with Crippen LogP contribution < -0.4 is 10.8 Å². The number of fused-ring (bicyclic) bond motifs is 1. The molecule has 1 aromatic carbocycles. The summed E-state index contributed by atoms with van der Waals surface area (Å²) >= 11 is 0. The summed E-state index contributed by atoms with van der Waals surface area (Å²) in [7, 11) is 1.58. The number of rotatable bonds is 5. The highest BCUT2D eigenvalue weighted by Gasteiger charge is 2.12. The highest BCUT2D eigenvalue weighted by Crippen LogP contribution is 2.15. The molecule has 5 heteroatoms. The second-order valence-corrected chi connectivity index (χ2v) is 4.18. The van der Waals surface area contributed by atoms with Crippen molar-refractivity contribution in [1.82, 2.24) is 10.8 Å². The van der Waals surface area contributed by atoms with E-state index in [1.807, 2.05) is 18.2 Å². The largest absolute Gasteiger partial charge is 0.382 e. The lowest BCUT2D eigenvalue weighted by Gasteiger charge is -2.17. The zero-order chi connectivity index (χ0) is 12.8. The molecule has 5 nitrogen and oxygen atoms in total. The van der Waals surface area contributed by atoms with Crippen LogP contribution in [0.5, 0.6) is 0 Å². The van der Waals surface area contributed by atoms with Crippen LogP contribution in [0.2, 0.25) is 0 Å². The number of methoxy groups -OCH3 is 1. The molecular weight excluding hydrogens is 232 g/mol. The molecule has 18 heavy (non-hydrogen) atoms. The Kier molecular flexibility index (Phi) is 4.69. The maximum atomic E-state index is 11.8. The van der Waals surface area contributed by atoms with Gasteiger partial charge in [-0.25, -0.2) is 5.48 Å². The number of amides is 1. The van der Waals surface area contributed by atoms with E-state index in [4.69, 9.17) is 9.57 Å². The van der Waals surface area contributed by atoms with Gasteiger partial charge in [-0.15, -0.1) is 0 Å². The number of hydroxylamine groups is 1. The molecule has 0 aliphatic carbocycles. The Hall–Kier alpha value is -1.43. The molecule has 0 unspecified atom stereocenters. The molecule has 0 radical (unpaired) electrons.